The van der Waals surface area contributed by atoms with Crippen molar-refractivity contribution in [2.24, 2.45) is 17.2 Å². The minimum atomic E-state index is -1.23. The van der Waals surface area contributed by atoms with E-state index >= 15 is 0 Å². The first-order chi connectivity index (χ1) is 5.67. The summed E-state index contributed by atoms with van der Waals surface area (Å²) in [6.07, 6.45) is 1.54. The second-order valence-electron chi connectivity index (χ2n) is 2.75. The SMILES string of the molecule is NOC(=O)C1(C(=O)ON)CCC1.[Pt]. The molecule has 1 aliphatic rings. The molecule has 0 spiro atoms. The molecule has 7 heteroatoms. The molecule has 0 aliphatic heterocycles. The van der Waals surface area contributed by atoms with Crippen molar-refractivity contribution in [3.05, 3.63) is 0 Å². The minimum absolute atomic E-state index is 0. The molecule has 0 aromatic rings. The molecule has 78 valence electrons. The van der Waals surface area contributed by atoms with Gasteiger partial charge in [0.25, 0.3) is 0 Å². The zero-order valence-electron chi connectivity index (χ0n) is 6.73. The van der Waals surface area contributed by atoms with Crippen LogP contribution >= 0.6 is 0 Å². The molecule has 0 saturated heterocycles. The van der Waals surface area contributed by atoms with E-state index in [4.69, 9.17) is 0 Å². The van der Waals surface area contributed by atoms with Gasteiger partial charge in [0.2, 0.25) is 0 Å². The molecular formula is C6H10N2O4Pt. The summed E-state index contributed by atoms with van der Waals surface area (Å²) in [5, 5.41) is 0. The Morgan fingerprint density at radius 1 is 1.08 bits per heavy atom. The first kappa shape index (κ1) is 12.5. The normalized spacial score (nSPS) is 17.7. The Morgan fingerprint density at radius 2 is 1.46 bits per heavy atom. The van der Waals surface area contributed by atoms with E-state index in [0.717, 1.165) is 6.42 Å². The van der Waals surface area contributed by atoms with Gasteiger partial charge in [-0.15, -0.1) is 0 Å². The van der Waals surface area contributed by atoms with Crippen LogP contribution in [-0.4, -0.2) is 11.9 Å². The van der Waals surface area contributed by atoms with E-state index < -0.39 is 17.4 Å². The fraction of sp³-hybridized carbons (Fsp3) is 0.667. The first-order valence-electron chi connectivity index (χ1n) is 3.50. The number of hydrogen-bond donors (Lipinski definition) is 2. The summed E-state index contributed by atoms with van der Waals surface area (Å²) in [7, 11) is 0. The molecule has 0 aromatic heterocycles. The fourth-order valence-corrected chi connectivity index (χ4v) is 1.25. The Bertz CT molecular complexity index is 199. The molecule has 6 nitrogen and oxygen atoms in total. The maximum absolute atomic E-state index is 11.0. The van der Waals surface area contributed by atoms with Gasteiger partial charge in [0, 0.05) is 21.1 Å². The quantitative estimate of drug-likeness (QED) is 0.477. The van der Waals surface area contributed by atoms with Gasteiger partial charge in [-0.1, -0.05) is 0 Å². The van der Waals surface area contributed by atoms with Crippen LogP contribution in [0.15, 0.2) is 0 Å². The summed E-state index contributed by atoms with van der Waals surface area (Å²) in [4.78, 5) is 30.0. The molecule has 13 heavy (non-hydrogen) atoms. The summed E-state index contributed by atoms with van der Waals surface area (Å²) in [5.41, 5.74) is -1.23. The van der Waals surface area contributed by atoms with Gasteiger partial charge in [0.05, 0.1) is 0 Å². The third-order valence-electron chi connectivity index (χ3n) is 2.20. The fourth-order valence-electron chi connectivity index (χ4n) is 1.25. The molecule has 0 radical (unpaired) electrons. The molecule has 0 heterocycles. The van der Waals surface area contributed by atoms with Gasteiger partial charge in [-0.2, -0.15) is 11.8 Å². The average molecular weight is 369 g/mol. The van der Waals surface area contributed by atoms with Gasteiger partial charge in [-0.25, -0.2) is 9.59 Å². The number of carbonyl (C=O) groups excluding carboxylic acids is 2. The van der Waals surface area contributed by atoms with Gasteiger partial charge < -0.3 is 9.68 Å². The topological polar surface area (TPSA) is 105 Å². The summed E-state index contributed by atoms with van der Waals surface area (Å²) < 4.78 is 0. The van der Waals surface area contributed by atoms with E-state index in [1.165, 1.54) is 0 Å². The smallest absolute Gasteiger partial charge is 0.341 e. The van der Waals surface area contributed by atoms with Crippen molar-refractivity contribution in [2.75, 3.05) is 0 Å². The van der Waals surface area contributed by atoms with Crippen LogP contribution in [0.25, 0.3) is 0 Å². The van der Waals surface area contributed by atoms with Gasteiger partial charge >= 0.3 is 11.9 Å². The van der Waals surface area contributed by atoms with E-state index in [1.54, 1.807) is 0 Å². The van der Waals surface area contributed by atoms with Crippen LogP contribution in [-0.2, 0) is 40.3 Å². The minimum Gasteiger partial charge on any atom is -0.372 e. The molecule has 1 aliphatic carbocycles. The van der Waals surface area contributed by atoms with Gasteiger partial charge in [-0.3, -0.25) is 0 Å². The van der Waals surface area contributed by atoms with Crippen molar-refractivity contribution in [3.8, 4) is 0 Å². The van der Waals surface area contributed by atoms with Crippen LogP contribution in [0.1, 0.15) is 19.3 Å². The van der Waals surface area contributed by atoms with Crippen LogP contribution in [0.5, 0.6) is 0 Å². The van der Waals surface area contributed by atoms with E-state index in [0.29, 0.717) is 12.8 Å². The second kappa shape index (κ2) is 4.69. The molecule has 1 fully saturated rings. The largest absolute Gasteiger partial charge is 0.372 e. The standard InChI is InChI=1S/C6H10N2O4.Pt/c7-11-4(9)6(2-1-3-6)5(10)12-8;/h1-3,7-8H2;. The van der Waals surface area contributed by atoms with Crippen LogP contribution in [0.4, 0.5) is 0 Å². The predicted octanol–water partition coefficient (Wildman–Crippen LogP) is -1.01. The summed E-state index contributed by atoms with van der Waals surface area (Å²) in [5.74, 6) is 7.78. The third-order valence-corrected chi connectivity index (χ3v) is 2.20. The maximum Gasteiger partial charge on any atom is 0.341 e. The zero-order chi connectivity index (χ0) is 9.19. The number of carbonyl (C=O) groups is 2. The van der Waals surface area contributed by atoms with Gasteiger partial charge in [-0.05, 0) is 19.3 Å². The first-order valence-corrected chi connectivity index (χ1v) is 3.50. The third kappa shape index (κ3) is 1.90. The van der Waals surface area contributed by atoms with Crippen molar-refractivity contribution in [2.45, 2.75) is 19.3 Å². The van der Waals surface area contributed by atoms with E-state index in [-0.39, 0.29) is 21.1 Å². The Labute approximate surface area is 89.1 Å². The van der Waals surface area contributed by atoms with Crippen molar-refractivity contribution < 1.29 is 40.3 Å². The Hall–Kier alpha value is -0.452. The van der Waals surface area contributed by atoms with Gasteiger partial charge in [0.1, 0.15) is 0 Å². The number of rotatable bonds is 2. The summed E-state index contributed by atoms with van der Waals surface area (Å²) in [6.45, 7) is 0. The number of nitrogens with two attached hydrogens (primary N) is 2. The monoisotopic (exact) mass is 369 g/mol. The van der Waals surface area contributed by atoms with Crippen molar-refractivity contribution in [1.82, 2.24) is 0 Å². The molecule has 4 N–H and O–H groups in total. The van der Waals surface area contributed by atoms with E-state index in [2.05, 4.69) is 21.5 Å². The molecule has 0 aromatic carbocycles. The predicted molar refractivity (Wildman–Crippen MR) is 36.8 cm³/mol. The molecule has 0 unspecified atom stereocenters. The molecule has 0 atom stereocenters. The Morgan fingerprint density at radius 3 is 1.62 bits per heavy atom. The molecular weight excluding hydrogens is 359 g/mol. The molecule has 0 bridgehead atoms. The molecule has 1 saturated carbocycles. The van der Waals surface area contributed by atoms with E-state index in [1.807, 2.05) is 0 Å². The Balaban J connectivity index is 0.00000144. The second-order valence-corrected chi connectivity index (χ2v) is 2.75. The van der Waals surface area contributed by atoms with Crippen molar-refractivity contribution in [1.29, 1.82) is 0 Å². The van der Waals surface area contributed by atoms with Crippen LogP contribution in [0.2, 0.25) is 0 Å². The van der Waals surface area contributed by atoms with Crippen LogP contribution in [0.3, 0.4) is 0 Å². The van der Waals surface area contributed by atoms with Crippen molar-refractivity contribution in [3.63, 3.8) is 0 Å². The van der Waals surface area contributed by atoms with Gasteiger partial charge in [0.15, 0.2) is 5.41 Å². The number of hydrogen-bond acceptors (Lipinski definition) is 6. The summed E-state index contributed by atoms with van der Waals surface area (Å²) in [6, 6.07) is 0. The molecule has 0 amide bonds. The average Bonchev–Trinajstić information content (AvgIpc) is 2.01. The summed E-state index contributed by atoms with van der Waals surface area (Å²) >= 11 is 0. The maximum atomic E-state index is 11.0. The van der Waals surface area contributed by atoms with Crippen molar-refractivity contribution >= 4 is 11.9 Å². The van der Waals surface area contributed by atoms with E-state index in [9.17, 15) is 9.59 Å². The zero-order valence-corrected chi connectivity index (χ0v) is 9.00. The molecule has 1 rings (SSSR count). The van der Waals surface area contributed by atoms with Crippen LogP contribution < -0.4 is 11.8 Å². The van der Waals surface area contributed by atoms with Crippen LogP contribution in [0, 0.1) is 5.41 Å². The Kier molecular flexibility index (Phi) is 4.53.